The molecule has 3 aromatic rings. The van der Waals surface area contributed by atoms with Crippen molar-refractivity contribution in [2.24, 2.45) is 0 Å². The molecule has 41 heavy (non-hydrogen) atoms. The highest BCUT2D eigenvalue weighted by molar-refractivity contribution is 7.92. The van der Waals surface area contributed by atoms with Crippen LogP contribution in [0, 0.1) is 6.92 Å². The van der Waals surface area contributed by atoms with Gasteiger partial charge in [0.2, 0.25) is 11.8 Å². The molecule has 0 radical (unpaired) electrons. The molecular formula is C31H35Cl2N3O4S. The van der Waals surface area contributed by atoms with Gasteiger partial charge in [0.1, 0.15) is 12.6 Å². The van der Waals surface area contributed by atoms with Crippen molar-refractivity contribution < 1.29 is 18.0 Å². The van der Waals surface area contributed by atoms with E-state index in [0.717, 1.165) is 47.5 Å². The fourth-order valence-corrected chi connectivity index (χ4v) is 6.89. The van der Waals surface area contributed by atoms with Crippen LogP contribution in [0.1, 0.15) is 50.2 Å². The van der Waals surface area contributed by atoms with Crippen molar-refractivity contribution >= 4 is 50.7 Å². The highest BCUT2D eigenvalue weighted by Crippen LogP contribution is 2.30. The number of nitrogens with one attached hydrogen (secondary N) is 1. The van der Waals surface area contributed by atoms with Crippen LogP contribution in [0.2, 0.25) is 10.0 Å². The van der Waals surface area contributed by atoms with Gasteiger partial charge in [-0.1, -0.05) is 90.5 Å². The minimum absolute atomic E-state index is 0.0182. The van der Waals surface area contributed by atoms with Gasteiger partial charge in [-0.3, -0.25) is 13.9 Å². The lowest BCUT2D eigenvalue weighted by Crippen LogP contribution is -2.53. The zero-order valence-electron chi connectivity index (χ0n) is 23.2. The molecule has 0 saturated heterocycles. The van der Waals surface area contributed by atoms with Crippen LogP contribution >= 0.6 is 23.2 Å². The number of hydrogen-bond acceptors (Lipinski definition) is 4. The van der Waals surface area contributed by atoms with Crippen LogP contribution < -0.4 is 9.62 Å². The lowest BCUT2D eigenvalue weighted by atomic mass is 9.95. The summed E-state index contributed by atoms with van der Waals surface area (Å²) >= 11 is 12.5. The van der Waals surface area contributed by atoms with E-state index in [0.29, 0.717) is 0 Å². The number of benzene rings is 3. The maximum Gasteiger partial charge on any atom is 0.264 e. The van der Waals surface area contributed by atoms with E-state index in [1.165, 1.54) is 35.2 Å². The second kappa shape index (κ2) is 13.7. The van der Waals surface area contributed by atoms with Gasteiger partial charge in [-0.25, -0.2) is 8.42 Å². The van der Waals surface area contributed by atoms with Gasteiger partial charge in [0.15, 0.2) is 0 Å². The number of carbonyl (C=O) groups is 2. The van der Waals surface area contributed by atoms with Crippen LogP contribution in [0.25, 0.3) is 0 Å². The first-order valence-electron chi connectivity index (χ1n) is 13.7. The zero-order valence-corrected chi connectivity index (χ0v) is 25.6. The van der Waals surface area contributed by atoms with Crippen molar-refractivity contribution in [3.8, 4) is 0 Å². The quantitative estimate of drug-likeness (QED) is 0.287. The van der Waals surface area contributed by atoms with Gasteiger partial charge in [-0.2, -0.15) is 0 Å². The van der Waals surface area contributed by atoms with Crippen LogP contribution in [0.3, 0.4) is 0 Å². The molecule has 0 aromatic heterocycles. The van der Waals surface area contributed by atoms with Gasteiger partial charge in [-0.15, -0.1) is 0 Å². The Balaban J connectivity index is 1.69. The average Bonchev–Trinajstić information content (AvgIpc) is 2.95. The molecule has 1 saturated carbocycles. The monoisotopic (exact) mass is 615 g/mol. The van der Waals surface area contributed by atoms with E-state index >= 15 is 0 Å². The van der Waals surface area contributed by atoms with E-state index < -0.39 is 28.5 Å². The molecule has 3 aromatic carbocycles. The molecule has 2 amide bonds. The van der Waals surface area contributed by atoms with Crippen molar-refractivity contribution in [2.75, 3.05) is 10.8 Å². The molecule has 0 aliphatic heterocycles. The van der Waals surface area contributed by atoms with Gasteiger partial charge in [0, 0.05) is 22.6 Å². The minimum Gasteiger partial charge on any atom is -0.352 e. The molecule has 1 aliphatic rings. The zero-order chi connectivity index (χ0) is 29.6. The van der Waals surface area contributed by atoms with Gasteiger partial charge in [-0.05, 0) is 62.6 Å². The van der Waals surface area contributed by atoms with Gasteiger partial charge in [0.25, 0.3) is 10.0 Å². The number of hydrogen-bond donors (Lipinski definition) is 1. The maximum atomic E-state index is 14.0. The van der Waals surface area contributed by atoms with Crippen LogP contribution in [-0.4, -0.2) is 43.8 Å². The number of nitrogens with zero attached hydrogens (tertiary/aromatic N) is 2. The molecule has 1 atom stereocenters. The molecular weight excluding hydrogens is 581 g/mol. The summed E-state index contributed by atoms with van der Waals surface area (Å²) in [4.78, 5) is 28.9. The molecule has 1 aliphatic carbocycles. The van der Waals surface area contributed by atoms with E-state index in [9.17, 15) is 18.0 Å². The van der Waals surface area contributed by atoms with Gasteiger partial charge in [0.05, 0.1) is 10.6 Å². The molecule has 0 bridgehead atoms. The fourth-order valence-electron chi connectivity index (χ4n) is 4.98. The Labute approximate surface area is 252 Å². The van der Waals surface area contributed by atoms with Crippen molar-refractivity contribution in [1.82, 2.24) is 10.2 Å². The summed E-state index contributed by atoms with van der Waals surface area (Å²) in [6, 6.07) is 19.3. The van der Waals surface area contributed by atoms with E-state index in [2.05, 4.69) is 5.32 Å². The van der Waals surface area contributed by atoms with E-state index in [4.69, 9.17) is 23.2 Å². The Morgan fingerprint density at radius 1 is 0.927 bits per heavy atom. The molecule has 7 nitrogen and oxygen atoms in total. The second-order valence-corrected chi connectivity index (χ2v) is 13.2. The summed E-state index contributed by atoms with van der Waals surface area (Å²) < 4.78 is 28.9. The number of aryl methyl sites for hydroxylation is 1. The highest BCUT2D eigenvalue weighted by atomic mass is 35.5. The standard InChI is InChI=1S/C31H35Cl2N3O4S/c1-22-13-15-29(16-14-22)41(39,40)36(28-18-25(32)17-26(33)19-28)21-30(37)35(20-24-9-5-3-6-10-24)23(2)31(38)34-27-11-7-4-8-12-27/h3,5-6,9-10,13-19,23,27H,4,7-8,11-12,20-21H2,1-2H3,(H,34,38). The molecule has 0 spiro atoms. The fraction of sp³-hybridized carbons (Fsp3) is 0.355. The third-order valence-electron chi connectivity index (χ3n) is 7.34. The summed E-state index contributed by atoms with van der Waals surface area (Å²) in [5, 5.41) is 3.56. The maximum absolute atomic E-state index is 14.0. The van der Waals surface area contributed by atoms with Crippen molar-refractivity contribution in [3.05, 3.63) is 94.0 Å². The summed E-state index contributed by atoms with van der Waals surface area (Å²) in [5.41, 5.74) is 1.86. The van der Waals surface area contributed by atoms with Gasteiger partial charge < -0.3 is 10.2 Å². The predicted molar refractivity (Wildman–Crippen MR) is 164 cm³/mol. The largest absolute Gasteiger partial charge is 0.352 e. The Morgan fingerprint density at radius 2 is 1.54 bits per heavy atom. The molecule has 4 rings (SSSR count). The van der Waals surface area contributed by atoms with Crippen LogP contribution in [0.15, 0.2) is 77.7 Å². The van der Waals surface area contributed by atoms with Crippen molar-refractivity contribution in [3.63, 3.8) is 0 Å². The third-order valence-corrected chi connectivity index (χ3v) is 9.56. The Bertz CT molecular complexity index is 1440. The molecule has 1 unspecified atom stereocenters. The number of rotatable bonds is 10. The lowest BCUT2D eigenvalue weighted by Gasteiger charge is -2.33. The van der Waals surface area contributed by atoms with Crippen LogP contribution in [0.4, 0.5) is 5.69 Å². The predicted octanol–water partition coefficient (Wildman–Crippen LogP) is 6.36. The smallest absolute Gasteiger partial charge is 0.264 e. The van der Waals surface area contributed by atoms with Gasteiger partial charge >= 0.3 is 0 Å². The summed E-state index contributed by atoms with van der Waals surface area (Å²) in [5.74, 6) is -0.799. The van der Waals surface area contributed by atoms with Crippen molar-refractivity contribution in [1.29, 1.82) is 0 Å². The number of carbonyl (C=O) groups excluding carboxylic acids is 2. The first-order valence-corrected chi connectivity index (χ1v) is 15.9. The van der Waals surface area contributed by atoms with Crippen LogP contribution in [0.5, 0.6) is 0 Å². The number of halogens is 2. The first kappa shape index (κ1) is 30.9. The molecule has 1 N–H and O–H groups in total. The SMILES string of the molecule is Cc1ccc(S(=O)(=O)N(CC(=O)N(Cc2ccccc2)C(C)C(=O)NC2CCCCC2)c2cc(Cl)cc(Cl)c2)cc1. The average molecular weight is 617 g/mol. The van der Waals surface area contributed by atoms with E-state index in [1.807, 2.05) is 37.3 Å². The normalized spacial score (nSPS) is 14.7. The number of amides is 2. The highest BCUT2D eigenvalue weighted by Gasteiger charge is 2.33. The second-order valence-electron chi connectivity index (χ2n) is 10.5. The molecule has 10 heteroatoms. The Kier molecular flexibility index (Phi) is 10.3. The number of sulfonamides is 1. The summed E-state index contributed by atoms with van der Waals surface area (Å²) in [6.07, 6.45) is 5.08. The minimum atomic E-state index is -4.21. The third kappa shape index (κ3) is 8.03. The summed E-state index contributed by atoms with van der Waals surface area (Å²) in [6.45, 7) is 3.11. The van der Waals surface area contributed by atoms with Crippen molar-refractivity contribution in [2.45, 2.75) is 69.5 Å². The molecule has 0 heterocycles. The van der Waals surface area contributed by atoms with Crippen LogP contribution in [-0.2, 0) is 26.2 Å². The molecule has 1 fully saturated rings. The summed E-state index contributed by atoms with van der Waals surface area (Å²) in [7, 11) is -4.21. The topological polar surface area (TPSA) is 86.8 Å². The number of anilines is 1. The van der Waals surface area contributed by atoms with E-state index in [-0.39, 0.29) is 39.1 Å². The Morgan fingerprint density at radius 3 is 2.15 bits per heavy atom. The van der Waals surface area contributed by atoms with E-state index in [1.54, 1.807) is 19.1 Å². The first-order chi connectivity index (χ1) is 19.5. The molecule has 218 valence electrons. The Hall–Kier alpha value is -3.07. The lowest BCUT2D eigenvalue weighted by molar-refractivity contribution is -0.139.